The van der Waals surface area contributed by atoms with Gasteiger partial charge in [0, 0.05) is 25.0 Å². The molecule has 1 saturated carbocycles. The predicted molar refractivity (Wildman–Crippen MR) is 99.2 cm³/mol. The minimum Gasteiger partial charge on any atom is -0.353 e. The summed E-state index contributed by atoms with van der Waals surface area (Å²) in [7, 11) is 0. The van der Waals surface area contributed by atoms with E-state index >= 15 is 0 Å². The standard InChI is InChI=1S/C21H30N2O2/c1-16-7-9-17(10-8-16)15-20(24)22-19-11-13-23(14-12-19)21(25)18-5-3-2-4-6-18/h7-10,18-19H,2-6,11-15H2,1H3,(H,22,24). The van der Waals surface area contributed by atoms with Crippen molar-refractivity contribution < 1.29 is 9.59 Å². The summed E-state index contributed by atoms with van der Waals surface area (Å²) in [5.74, 6) is 0.687. The molecule has 1 aliphatic heterocycles. The van der Waals surface area contributed by atoms with Crippen LogP contribution in [0.1, 0.15) is 56.1 Å². The first kappa shape index (κ1) is 18.0. The van der Waals surface area contributed by atoms with Gasteiger partial charge in [-0.05, 0) is 38.2 Å². The van der Waals surface area contributed by atoms with E-state index in [2.05, 4.69) is 5.32 Å². The van der Waals surface area contributed by atoms with Gasteiger partial charge in [-0.3, -0.25) is 9.59 Å². The normalized spacial score (nSPS) is 19.6. The van der Waals surface area contributed by atoms with E-state index in [1.165, 1.54) is 24.8 Å². The molecule has 2 amide bonds. The van der Waals surface area contributed by atoms with Gasteiger partial charge in [-0.2, -0.15) is 0 Å². The first-order valence-electron chi connectivity index (χ1n) is 9.75. The van der Waals surface area contributed by atoms with Crippen molar-refractivity contribution in [3.8, 4) is 0 Å². The van der Waals surface area contributed by atoms with Crippen molar-refractivity contribution in [3.63, 3.8) is 0 Å². The Bertz CT molecular complexity index is 582. The number of nitrogens with one attached hydrogen (secondary N) is 1. The average Bonchev–Trinajstić information content (AvgIpc) is 2.64. The van der Waals surface area contributed by atoms with E-state index in [1.54, 1.807) is 0 Å². The lowest BCUT2D eigenvalue weighted by Gasteiger charge is -2.35. The van der Waals surface area contributed by atoms with E-state index in [-0.39, 0.29) is 17.9 Å². The maximum Gasteiger partial charge on any atom is 0.225 e. The van der Waals surface area contributed by atoms with Crippen molar-refractivity contribution >= 4 is 11.8 Å². The molecule has 1 aromatic rings. The molecule has 136 valence electrons. The van der Waals surface area contributed by atoms with Crippen molar-refractivity contribution in [3.05, 3.63) is 35.4 Å². The molecule has 0 atom stereocenters. The van der Waals surface area contributed by atoms with Crippen molar-refractivity contribution in [1.29, 1.82) is 0 Å². The van der Waals surface area contributed by atoms with Gasteiger partial charge in [0.25, 0.3) is 0 Å². The summed E-state index contributed by atoms with van der Waals surface area (Å²) in [6, 6.07) is 8.31. The minimum absolute atomic E-state index is 0.0842. The van der Waals surface area contributed by atoms with Gasteiger partial charge in [-0.25, -0.2) is 0 Å². The van der Waals surface area contributed by atoms with E-state index in [0.29, 0.717) is 12.3 Å². The number of hydrogen-bond donors (Lipinski definition) is 1. The SMILES string of the molecule is Cc1ccc(CC(=O)NC2CCN(C(=O)C3CCCCC3)CC2)cc1. The summed E-state index contributed by atoms with van der Waals surface area (Å²) < 4.78 is 0. The highest BCUT2D eigenvalue weighted by atomic mass is 16.2. The quantitative estimate of drug-likeness (QED) is 0.913. The van der Waals surface area contributed by atoms with Crippen LogP contribution < -0.4 is 5.32 Å². The molecular formula is C21H30N2O2. The van der Waals surface area contributed by atoms with Crippen molar-refractivity contribution in [2.45, 2.75) is 64.3 Å². The van der Waals surface area contributed by atoms with E-state index in [0.717, 1.165) is 44.3 Å². The number of hydrogen-bond acceptors (Lipinski definition) is 2. The van der Waals surface area contributed by atoms with E-state index in [1.807, 2.05) is 36.1 Å². The molecule has 4 nitrogen and oxygen atoms in total. The molecule has 3 rings (SSSR count). The zero-order valence-corrected chi connectivity index (χ0v) is 15.3. The number of nitrogens with zero attached hydrogens (tertiary/aromatic N) is 1. The van der Waals surface area contributed by atoms with Crippen molar-refractivity contribution in [1.82, 2.24) is 10.2 Å². The third-order valence-electron chi connectivity index (χ3n) is 5.61. The smallest absolute Gasteiger partial charge is 0.225 e. The summed E-state index contributed by atoms with van der Waals surface area (Å²) in [5, 5.41) is 3.14. The van der Waals surface area contributed by atoms with Gasteiger partial charge in [0.2, 0.25) is 11.8 Å². The van der Waals surface area contributed by atoms with Gasteiger partial charge in [-0.1, -0.05) is 49.1 Å². The Hall–Kier alpha value is -1.84. The van der Waals surface area contributed by atoms with E-state index in [4.69, 9.17) is 0 Å². The lowest BCUT2D eigenvalue weighted by atomic mass is 9.87. The predicted octanol–water partition coefficient (Wildman–Crippen LogP) is 3.23. The number of carbonyl (C=O) groups excluding carboxylic acids is 2. The van der Waals surface area contributed by atoms with Crippen LogP contribution in [0.2, 0.25) is 0 Å². The Morgan fingerprint density at radius 1 is 1.00 bits per heavy atom. The molecule has 1 N–H and O–H groups in total. The number of rotatable bonds is 4. The Balaban J connectivity index is 1.41. The molecule has 2 fully saturated rings. The molecule has 0 bridgehead atoms. The van der Waals surface area contributed by atoms with Crippen molar-refractivity contribution in [2.24, 2.45) is 5.92 Å². The Morgan fingerprint density at radius 2 is 1.64 bits per heavy atom. The zero-order chi connectivity index (χ0) is 17.6. The molecule has 1 heterocycles. The fourth-order valence-electron chi connectivity index (χ4n) is 4.02. The largest absolute Gasteiger partial charge is 0.353 e. The number of amides is 2. The maximum absolute atomic E-state index is 12.6. The molecule has 0 aromatic heterocycles. The van der Waals surface area contributed by atoms with Crippen LogP contribution in [-0.2, 0) is 16.0 Å². The molecule has 4 heteroatoms. The zero-order valence-electron chi connectivity index (χ0n) is 15.3. The topological polar surface area (TPSA) is 49.4 Å². The number of aryl methyl sites for hydroxylation is 1. The second-order valence-electron chi connectivity index (χ2n) is 7.66. The Kier molecular flexibility index (Phi) is 6.11. The average molecular weight is 342 g/mol. The molecule has 0 spiro atoms. The lowest BCUT2D eigenvalue weighted by Crippen LogP contribution is -2.48. The van der Waals surface area contributed by atoms with Crippen molar-refractivity contribution in [2.75, 3.05) is 13.1 Å². The summed E-state index contributed by atoms with van der Waals surface area (Å²) in [6.45, 7) is 3.61. The van der Waals surface area contributed by atoms with Gasteiger partial charge in [0.05, 0.1) is 6.42 Å². The second-order valence-corrected chi connectivity index (χ2v) is 7.66. The molecule has 0 radical (unpaired) electrons. The number of piperidine rings is 1. The monoisotopic (exact) mass is 342 g/mol. The summed E-state index contributed by atoms with van der Waals surface area (Å²) in [5.41, 5.74) is 2.26. The van der Waals surface area contributed by atoms with Crippen LogP contribution in [0.4, 0.5) is 0 Å². The molecule has 0 unspecified atom stereocenters. The minimum atomic E-state index is 0.0842. The summed E-state index contributed by atoms with van der Waals surface area (Å²) in [6.07, 6.45) is 7.97. The van der Waals surface area contributed by atoms with E-state index in [9.17, 15) is 9.59 Å². The molecule has 25 heavy (non-hydrogen) atoms. The number of carbonyl (C=O) groups is 2. The van der Waals surface area contributed by atoms with Gasteiger partial charge >= 0.3 is 0 Å². The third kappa shape index (κ3) is 5.07. The molecule has 1 aromatic carbocycles. The fourth-order valence-corrected chi connectivity index (χ4v) is 4.02. The fraction of sp³-hybridized carbons (Fsp3) is 0.619. The number of benzene rings is 1. The van der Waals surface area contributed by atoms with Gasteiger partial charge < -0.3 is 10.2 Å². The highest BCUT2D eigenvalue weighted by Crippen LogP contribution is 2.26. The molecular weight excluding hydrogens is 312 g/mol. The third-order valence-corrected chi connectivity index (χ3v) is 5.61. The van der Waals surface area contributed by atoms with Gasteiger partial charge in [0.15, 0.2) is 0 Å². The summed E-state index contributed by atoms with van der Waals surface area (Å²) >= 11 is 0. The van der Waals surface area contributed by atoms with Crippen LogP contribution in [0.25, 0.3) is 0 Å². The number of likely N-dealkylation sites (tertiary alicyclic amines) is 1. The maximum atomic E-state index is 12.6. The van der Waals surface area contributed by atoms with Crippen LogP contribution in [0.3, 0.4) is 0 Å². The first-order chi connectivity index (χ1) is 12.1. The lowest BCUT2D eigenvalue weighted by molar-refractivity contribution is -0.137. The van der Waals surface area contributed by atoms with Crippen LogP contribution in [0.5, 0.6) is 0 Å². The second kappa shape index (κ2) is 8.50. The van der Waals surface area contributed by atoms with Crippen LogP contribution in [-0.4, -0.2) is 35.8 Å². The van der Waals surface area contributed by atoms with Gasteiger partial charge in [0.1, 0.15) is 0 Å². The summed E-state index contributed by atoms with van der Waals surface area (Å²) in [4.78, 5) is 26.9. The van der Waals surface area contributed by atoms with Crippen LogP contribution >= 0.6 is 0 Å². The van der Waals surface area contributed by atoms with Gasteiger partial charge in [-0.15, -0.1) is 0 Å². The molecule has 1 aliphatic carbocycles. The highest BCUT2D eigenvalue weighted by molar-refractivity contribution is 5.80. The molecule has 2 aliphatic rings. The Morgan fingerprint density at radius 3 is 2.28 bits per heavy atom. The van der Waals surface area contributed by atoms with Crippen LogP contribution in [0.15, 0.2) is 24.3 Å². The first-order valence-corrected chi connectivity index (χ1v) is 9.75. The van der Waals surface area contributed by atoms with Crippen LogP contribution in [0, 0.1) is 12.8 Å². The Labute approximate surface area is 151 Å². The molecule has 1 saturated heterocycles. The van der Waals surface area contributed by atoms with E-state index < -0.39 is 0 Å². The highest BCUT2D eigenvalue weighted by Gasteiger charge is 2.29.